The van der Waals surface area contributed by atoms with Crippen LogP contribution in [0.2, 0.25) is 0 Å². The van der Waals surface area contributed by atoms with Gasteiger partial charge in [-0.2, -0.15) is 0 Å². The maximum absolute atomic E-state index is 9.96. The molecule has 0 aromatic carbocycles. The number of rotatable bonds is 5. The van der Waals surface area contributed by atoms with Crippen LogP contribution in [-0.4, -0.2) is 40.6 Å². The van der Waals surface area contributed by atoms with Gasteiger partial charge in [-0.05, 0) is 6.42 Å². The number of aliphatic carboxylic acids is 1. The first kappa shape index (κ1) is 13.1. The number of unbranched alkanes of at least 4 members (excludes halogenated alkanes) is 3. The van der Waals surface area contributed by atoms with Crippen LogP contribution in [0.1, 0.15) is 39.0 Å². The zero-order valence-electron chi connectivity index (χ0n) is 6.89. The van der Waals surface area contributed by atoms with Gasteiger partial charge >= 0.3 is 5.97 Å². The monoisotopic (exact) mass is 153 g/mol. The van der Waals surface area contributed by atoms with Gasteiger partial charge in [0.25, 0.3) is 0 Å². The Balaban J connectivity index is 0. The number of hydrogen-bond donors (Lipinski definition) is 1. The molecule has 0 aromatic rings. The average molecular weight is 153 g/mol. The Labute approximate surface area is 84.3 Å². The van der Waals surface area contributed by atoms with Gasteiger partial charge in [0, 0.05) is 36.0 Å². The van der Waals surface area contributed by atoms with E-state index < -0.39 is 5.97 Å². The molecular formula is C7H14NaO2. The van der Waals surface area contributed by atoms with Gasteiger partial charge in [-0.3, -0.25) is 4.79 Å². The van der Waals surface area contributed by atoms with E-state index >= 15 is 0 Å². The Morgan fingerprint density at radius 2 is 1.90 bits per heavy atom. The average Bonchev–Trinajstić information content (AvgIpc) is 1.80. The third-order valence-corrected chi connectivity index (χ3v) is 1.24. The number of carbonyl (C=O) groups is 1. The number of carboxylic acid groups (broad SMARTS) is 1. The Bertz CT molecular complexity index is 83.7. The summed E-state index contributed by atoms with van der Waals surface area (Å²) in [4.78, 5) is 9.96. The molecule has 10 heavy (non-hydrogen) atoms. The predicted octanol–water partition coefficient (Wildman–Crippen LogP) is 1.66. The molecule has 0 aromatic heterocycles. The first-order valence-corrected chi connectivity index (χ1v) is 3.49. The molecule has 2 nitrogen and oxygen atoms in total. The second-order valence-corrected chi connectivity index (χ2v) is 2.20. The van der Waals surface area contributed by atoms with Crippen molar-refractivity contribution < 1.29 is 9.90 Å². The van der Waals surface area contributed by atoms with Gasteiger partial charge in [0.1, 0.15) is 0 Å². The van der Waals surface area contributed by atoms with Crippen molar-refractivity contribution in [2.45, 2.75) is 39.0 Å². The van der Waals surface area contributed by atoms with Crippen molar-refractivity contribution in [2.24, 2.45) is 0 Å². The zero-order chi connectivity index (χ0) is 7.11. The van der Waals surface area contributed by atoms with E-state index in [0.717, 1.165) is 19.3 Å². The normalized spacial score (nSPS) is 8.50. The topological polar surface area (TPSA) is 37.3 Å². The van der Waals surface area contributed by atoms with Crippen molar-refractivity contribution in [3.8, 4) is 0 Å². The largest absolute Gasteiger partial charge is 0.481 e. The Morgan fingerprint density at radius 1 is 1.30 bits per heavy atom. The van der Waals surface area contributed by atoms with Gasteiger partial charge in [-0.1, -0.05) is 26.2 Å². The third-order valence-electron chi connectivity index (χ3n) is 1.24. The van der Waals surface area contributed by atoms with E-state index in [1.165, 1.54) is 6.42 Å². The molecular weight excluding hydrogens is 139 g/mol. The number of carboxylic acids is 1. The SMILES string of the molecule is CCCCCCC(=O)O.[Na]. The van der Waals surface area contributed by atoms with Crippen LogP contribution in [0.4, 0.5) is 0 Å². The van der Waals surface area contributed by atoms with Crippen LogP contribution in [-0.2, 0) is 4.79 Å². The van der Waals surface area contributed by atoms with Gasteiger partial charge in [-0.15, -0.1) is 0 Å². The summed E-state index contributed by atoms with van der Waals surface area (Å²) in [5.74, 6) is -0.675. The molecule has 0 spiro atoms. The van der Waals surface area contributed by atoms with Crippen LogP contribution in [0.3, 0.4) is 0 Å². The van der Waals surface area contributed by atoms with Gasteiger partial charge in [0.2, 0.25) is 0 Å². The molecule has 0 aliphatic carbocycles. The molecule has 0 unspecified atom stereocenters. The first-order chi connectivity index (χ1) is 4.27. The van der Waals surface area contributed by atoms with Crippen LogP contribution < -0.4 is 0 Å². The molecule has 0 heterocycles. The van der Waals surface area contributed by atoms with E-state index in [0.29, 0.717) is 6.42 Å². The summed E-state index contributed by atoms with van der Waals surface area (Å²) in [6.45, 7) is 2.11. The number of hydrogen-bond acceptors (Lipinski definition) is 1. The predicted molar refractivity (Wildman–Crippen MR) is 42.1 cm³/mol. The molecule has 1 N–H and O–H groups in total. The van der Waals surface area contributed by atoms with Crippen molar-refractivity contribution in [3.63, 3.8) is 0 Å². The Morgan fingerprint density at radius 3 is 2.30 bits per heavy atom. The second kappa shape index (κ2) is 9.47. The van der Waals surface area contributed by atoms with Crippen LogP contribution >= 0.6 is 0 Å². The quantitative estimate of drug-likeness (QED) is 0.481. The summed E-state index contributed by atoms with van der Waals surface area (Å²) in [6, 6.07) is 0. The zero-order valence-corrected chi connectivity index (χ0v) is 8.89. The fraction of sp³-hybridized carbons (Fsp3) is 0.857. The molecule has 3 heteroatoms. The minimum atomic E-state index is -0.675. The molecule has 0 saturated heterocycles. The van der Waals surface area contributed by atoms with Gasteiger partial charge < -0.3 is 5.11 Å². The van der Waals surface area contributed by atoms with Crippen molar-refractivity contribution in [1.29, 1.82) is 0 Å². The molecule has 0 atom stereocenters. The van der Waals surface area contributed by atoms with E-state index in [9.17, 15) is 4.79 Å². The van der Waals surface area contributed by atoms with Crippen LogP contribution in [0.15, 0.2) is 0 Å². The Kier molecular flexibility index (Phi) is 12.4. The minimum Gasteiger partial charge on any atom is -0.481 e. The van der Waals surface area contributed by atoms with Crippen LogP contribution in [0.5, 0.6) is 0 Å². The van der Waals surface area contributed by atoms with Gasteiger partial charge in [0.05, 0.1) is 0 Å². The van der Waals surface area contributed by atoms with E-state index in [4.69, 9.17) is 5.11 Å². The standard InChI is InChI=1S/C7H14O2.Na/c1-2-3-4-5-6-7(8)9;/h2-6H2,1H3,(H,8,9);. The first-order valence-electron chi connectivity index (χ1n) is 3.49. The van der Waals surface area contributed by atoms with Gasteiger partial charge in [0.15, 0.2) is 0 Å². The molecule has 1 radical (unpaired) electrons. The van der Waals surface area contributed by atoms with E-state index in [2.05, 4.69) is 6.92 Å². The van der Waals surface area contributed by atoms with Crippen molar-refractivity contribution in [2.75, 3.05) is 0 Å². The molecule has 0 aliphatic rings. The molecule has 0 aliphatic heterocycles. The second-order valence-electron chi connectivity index (χ2n) is 2.20. The summed E-state index contributed by atoms with van der Waals surface area (Å²) < 4.78 is 0. The summed E-state index contributed by atoms with van der Waals surface area (Å²) in [5.41, 5.74) is 0. The van der Waals surface area contributed by atoms with Crippen molar-refractivity contribution in [3.05, 3.63) is 0 Å². The minimum absolute atomic E-state index is 0. The fourth-order valence-corrected chi connectivity index (χ4v) is 0.703. The molecule has 0 rings (SSSR count). The van der Waals surface area contributed by atoms with E-state index in [-0.39, 0.29) is 29.6 Å². The van der Waals surface area contributed by atoms with Crippen LogP contribution in [0.25, 0.3) is 0 Å². The fourth-order valence-electron chi connectivity index (χ4n) is 0.703. The smallest absolute Gasteiger partial charge is 0.303 e. The van der Waals surface area contributed by atoms with Crippen LogP contribution in [0, 0.1) is 0 Å². The summed E-state index contributed by atoms with van der Waals surface area (Å²) in [5, 5.41) is 8.21. The van der Waals surface area contributed by atoms with Crippen molar-refractivity contribution in [1.82, 2.24) is 0 Å². The maximum Gasteiger partial charge on any atom is 0.303 e. The molecule has 0 bridgehead atoms. The summed E-state index contributed by atoms with van der Waals surface area (Å²) >= 11 is 0. The molecule has 0 fully saturated rings. The Hall–Kier alpha value is 0.470. The summed E-state index contributed by atoms with van der Waals surface area (Å²) in [7, 11) is 0. The van der Waals surface area contributed by atoms with Crippen molar-refractivity contribution >= 4 is 35.5 Å². The maximum atomic E-state index is 9.96. The molecule has 0 saturated carbocycles. The molecule has 0 amide bonds. The summed E-state index contributed by atoms with van der Waals surface area (Å²) in [6.07, 6.45) is 4.55. The third kappa shape index (κ3) is 11.3. The van der Waals surface area contributed by atoms with E-state index in [1.54, 1.807) is 0 Å². The molecule has 55 valence electrons. The van der Waals surface area contributed by atoms with E-state index in [1.807, 2.05) is 0 Å². The van der Waals surface area contributed by atoms with Gasteiger partial charge in [-0.25, -0.2) is 0 Å².